The Kier molecular flexibility index (Phi) is 16.9. The first-order valence-electron chi connectivity index (χ1n) is 24.6. The molecular weight excluding hydrogens is 1010 g/mol. The Labute approximate surface area is 442 Å². The Morgan fingerprint density at radius 2 is 1.14 bits per heavy atom. The molecular formula is C56H54N7O13P. The van der Waals surface area contributed by atoms with Gasteiger partial charge in [-0.3, -0.25) is 23.3 Å². The summed E-state index contributed by atoms with van der Waals surface area (Å²) in [5.74, 6) is 0.282. The van der Waals surface area contributed by atoms with Gasteiger partial charge in [-0.15, -0.1) is 0 Å². The molecule has 396 valence electrons. The highest BCUT2D eigenvalue weighted by atomic mass is 31.2. The number of methoxy groups -OCH3 is 2. The molecule has 2 aliphatic rings. The van der Waals surface area contributed by atoms with Gasteiger partial charge in [0.25, 0.3) is 11.8 Å². The van der Waals surface area contributed by atoms with Crippen molar-refractivity contribution >= 4 is 31.0 Å². The molecule has 9 rings (SSSR count). The van der Waals surface area contributed by atoms with Gasteiger partial charge in [0.15, 0.2) is 0 Å². The van der Waals surface area contributed by atoms with E-state index in [0.717, 1.165) is 10.1 Å². The van der Waals surface area contributed by atoms with E-state index in [1.54, 1.807) is 74.9 Å². The number of hydrogen-bond acceptors (Lipinski definition) is 16. The molecule has 77 heavy (non-hydrogen) atoms. The predicted molar refractivity (Wildman–Crippen MR) is 281 cm³/mol. The number of nitrogens with one attached hydrogen (secondary N) is 2. The van der Waals surface area contributed by atoms with Crippen LogP contribution in [0.25, 0.3) is 0 Å². The summed E-state index contributed by atoms with van der Waals surface area (Å²) in [5, 5.41) is 26.2. The fourth-order valence-electron chi connectivity index (χ4n) is 9.14. The number of hydrogen-bond donors (Lipinski definition) is 3. The van der Waals surface area contributed by atoms with Crippen LogP contribution in [0.5, 0.6) is 11.5 Å². The zero-order valence-electron chi connectivity index (χ0n) is 41.8. The number of nitriles is 1. The number of rotatable bonds is 21. The van der Waals surface area contributed by atoms with Crippen molar-refractivity contribution in [1.82, 2.24) is 19.1 Å². The van der Waals surface area contributed by atoms with Crippen molar-refractivity contribution in [3.05, 3.63) is 213 Å². The van der Waals surface area contributed by atoms with Crippen molar-refractivity contribution in [3.63, 3.8) is 0 Å². The van der Waals surface area contributed by atoms with Gasteiger partial charge >= 0.3 is 19.0 Å². The fraction of sp³-hybridized carbons (Fsp3) is 0.268. The van der Waals surface area contributed by atoms with Crippen LogP contribution in [0.15, 0.2) is 174 Å². The summed E-state index contributed by atoms with van der Waals surface area (Å²) in [6.07, 6.45) is -4.68. The third-order valence-corrected chi connectivity index (χ3v) is 15.0. The van der Waals surface area contributed by atoms with E-state index in [1.807, 2.05) is 84.9 Å². The summed E-state index contributed by atoms with van der Waals surface area (Å²) in [5.41, 5.74) is -0.0144. The van der Waals surface area contributed by atoms with E-state index in [9.17, 15) is 29.5 Å². The molecule has 2 saturated heterocycles. The standard InChI is InChI=1S/C56H54N7O13P/c1-70-42-23-19-40(20-24-42)56(39-17-10-5-11-18-39,41-21-25-43(71-2)26-22-41)72-35-47-45(34-51(75-47)63-31-28-49(61-55(63)68)59-53(66)38-15-8-4-9-16-38)76-77(69,32-12-29-57)73-36-46-44(64)33-50(74-46)62-30-27-48(60-54(62)67)58-52(65)37-13-6-3-7-14-37/h3-11,13-28,30-31,44-47,50-51,64H,12,32-36H2,1-2H3,(H,58,60,65,67)(H,59,61,66,68)/t44-,45-,46+,47+,50+,51+,77?/m0/s1. The summed E-state index contributed by atoms with van der Waals surface area (Å²) >= 11 is 0. The highest BCUT2D eigenvalue weighted by Crippen LogP contribution is 2.53. The van der Waals surface area contributed by atoms with Crippen LogP contribution in [0.4, 0.5) is 11.6 Å². The first kappa shape index (κ1) is 53.7. The number of aliphatic hydroxyl groups excluding tert-OH is 1. The number of anilines is 2. The zero-order valence-corrected chi connectivity index (χ0v) is 42.7. The summed E-state index contributed by atoms with van der Waals surface area (Å²) in [6.45, 7) is -0.735. The Bertz CT molecular complexity index is 3320. The molecule has 4 heterocycles. The number of aromatic nitrogens is 4. The van der Waals surface area contributed by atoms with Gasteiger partial charge < -0.3 is 48.5 Å². The third kappa shape index (κ3) is 12.4. The summed E-state index contributed by atoms with van der Waals surface area (Å²) in [6, 6.07) is 46.0. The number of carbonyl (C=O) groups excluding carboxylic acids is 2. The van der Waals surface area contributed by atoms with Crippen molar-refractivity contribution in [2.75, 3.05) is 44.2 Å². The highest BCUT2D eigenvalue weighted by molar-refractivity contribution is 7.53. The van der Waals surface area contributed by atoms with Crippen molar-refractivity contribution in [3.8, 4) is 17.6 Å². The molecule has 2 amide bonds. The van der Waals surface area contributed by atoms with Crippen molar-refractivity contribution in [2.45, 2.75) is 61.7 Å². The number of amides is 2. The van der Waals surface area contributed by atoms with E-state index in [1.165, 1.54) is 29.1 Å². The molecule has 0 bridgehead atoms. The molecule has 2 aromatic heterocycles. The molecule has 1 unspecified atom stereocenters. The third-order valence-electron chi connectivity index (χ3n) is 13.1. The average Bonchev–Trinajstić information content (AvgIpc) is 4.10. The van der Waals surface area contributed by atoms with Crippen LogP contribution in [-0.4, -0.2) is 94.0 Å². The van der Waals surface area contributed by atoms with Gasteiger partial charge in [0.1, 0.15) is 53.4 Å². The van der Waals surface area contributed by atoms with Crippen LogP contribution in [0.1, 0.15) is 69.1 Å². The van der Waals surface area contributed by atoms with Gasteiger partial charge in [-0.25, -0.2) is 9.59 Å². The minimum absolute atomic E-state index is 0.00383. The van der Waals surface area contributed by atoms with E-state index in [2.05, 4.69) is 20.6 Å². The predicted octanol–water partition coefficient (Wildman–Crippen LogP) is 7.48. The average molecular weight is 1060 g/mol. The fourth-order valence-corrected chi connectivity index (χ4v) is 10.8. The number of ether oxygens (including phenoxy) is 5. The lowest BCUT2D eigenvalue weighted by Gasteiger charge is -2.37. The van der Waals surface area contributed by atoms with Gasteiger partial charge in [-0.1, -0.05) is 91.0 Å². The minimum atomic E-state index is -4.34. The molecule has 3 N–H and O–H groups in total. The molecule has 2 fully saturated rings. The maximum absolute atomic E-state index is 15.1. The van der Waals surface area contributed by atoms with Crippen molar-refractivity contribution < 1.29 is 52.0 Å². The van der Waals surface area contributed by atoms with E-state index in [0.29, 0.717) is 33.8 Å². The normalized spacial score (nSPS) is 19.9. The van der Waals surface area contributed by atoms with E-state index < -0.39 is 79.9 Å². The SMILES string of the molecule is COc1ccc(C(OC[C@H]2O[C@@H](n3ccc(NC(=O)c4ccccc4)nc3=O)C[C@@H]2OP(=O)(CCC#N)OC[C@H]2O[C@@H](n3ccc(NC(=O)c4ccccc4)nc3=O)C[C@@H]2O)(c2ccccc2)c2ccc(OC)cc2)cc1. The monoisotopic (exact) mass is 1060 g/mol. The van der Waals surface area contributed by atoms with Gasteiger partial charge in [0.2, 0.25) is 0 Å². The maximum Gasteiger partial charge on any atom is 0.351 e. The second kappa shape index (κ2) is 24.3. The molecule has 2 aliphatic heterocycles. The van der Waals surface area contributed by atoms with E-state index >= 15 is 4.57 Å². The molecule has 5 aromatic carbocycles. The molecule has 0 spiro atoms. The zero-order chi connectivity index (χ0) is 53.9. The van der Waals surface area contributed by atoms with Crippen LogP contribution in [-0.2, 0) is 33.4 Å². The molecule has 21 heteroatoms. The topological polar surface area (TPSA) is 254 Å². The van der Waals surface area contributed by atoms with E-state index in [-0.39, 0.29) is 43.7 Å². The quantitative estimate of drug-likeness (QED) is 0.0466. The Balaban J connectivity index is 0.993. The molecule has 7 aromatic rings. The molecule has 0 saturated carbocycles. The van der Waals surface area contributed by atoms with Crippen LogP contribution in [0.2, 0.25) is 0 Å². The number of nitrogens with zero attached hydrogens (tertiary/aromatic N) is 5. The maximum atomic E-state index is 15.1. The number of benzene rings is 5. The Morgan fingerprint density at radius 3 is 1.62 bits per heavy atom. The van der Waals surface area contributed by atoms with Crippen LogP contribution in [0, 0.1) is 11.3 Å². The van der Waals surface area contributed by atoms with Gasteiger partial charge in [-0.05, 0) is 77.4 Å². The second-order valence-corrected chi connectivity index (χ2v) is 20.1. The van der Waals surface area contributed by atoms with Crippen LogP contribution in [0.3, 0.4) is 0 Å². The largest absolute Gasteiger partial charge is 0.497 e. The number of carbonyl (C=O) groups is 2. The molecule has 0 radical (unpaired) electrons. The van der Waals surface area contributed by atoms with Crippen LogP contribution < -0.4 is 31.5 Å². The van der Waals surface area contributed by atoms with Gasteiger partial charge in [0.05, 0.1) is 51.9 Å². The summed E-state index contributed by atoms with van der Waals surface area (Å²) < 4.78 is 61.0. The lowest BCUT2D eigenvalue weighted by Crippen LogP contribution is -2.38. The number of aliphatic hydroxyl groups is 1. The van der Waals surface area contributed by atoms with Crippen molar-refractivity contribution in [2.24, 2.45) is 0 Å². The Morgan fingerprint density at radius 1 is 0.675 bits per heavy atom. The van der Waals surface area contributed by atoms with E-state index in [4.69, 9.17) is 32.7 Å². The smallest absolute Gasteiger partial charge is 0.351 e. The second-order valence-electron chi connectivity index (χ2n) is 17.9. The van der Waals surface area contributed by atoms with Gasteiger partial charge in [-0.2, -0.15) is 15.2 Å². The first-order valence-corrected chi connectivity index (χ1v) is 26.3. The molecule has 20 nitrogen and oxygen atoms in total. The summed E-state index contributed by atoms with van der Waals surface area (Å²) in [7, 11) is -1.20. The van der Waals surface area contributed by atoms with Gasteiger partial charge in [0, 0.05) is 42.8 Å². The highest BCUT2D eigenvalue weighted by Gasteiger charge is 2.46. The molecule has 0 aliphatic carbocycles. The van der Waals surface area contributed by atoms with Crippen molar-refractivity contribution in [1.29, 1.82) is 5.26 Å². The Hall–Kier alpha value is -8.12. The minimum Gasteiger partial charge on any atom is -0.497 e. The lowest BCUT2D eigenvalue weighted by atomic mass is 9.80. The lowest BCUT2D eigenvalue weighted by molar-refractivity contribution is -0.0933. The molecule has 7 atom stereocenters. The summed E-state index contributed by atoms with van der Waals surface area (Å²) in [4.78, 5) is 60.9. The van der Waals surface area contributed by atoms with Crippen LogP contribution >= 0.6 is 7.60 Å². The first-order chi connectivity index (χ1) is 37.4.